The number of ether oxygens (including phenoxy) is 6. The Balaban J connectivity index is 1.14. The highest BCUT2D eigenvalue weighted by molar-refractivity contribution is 5.21. The first-order valence-electron chi connectivity index (χ1n) is 24.4. The summed E-state index contributed by atoms with van der Waals surface area (Å²) in [4.78, 5) is 0. The summed E-state index contributed by atoms with van der Waals surface area (Å²) in [6.45, 7) is 14.5. The predicted octanol–water partition coefficient (Wildman–Crippen LogP) is -1.06. The van der Waals surface area contributed by atoms with Crippen molar-refractivity contribution in [2.75, 3.05) is 19.8 Å². The molecule has 19 nitrogen and oxygen atoms in total. The van der Waals surface area contributed by atoms with Gasteiger partial charge in [-0.1, -0.05) is 46.8 Å². The van der Waals surface area contributed by atoms with Gasteiger partial charge in [0.15, 0.2) is 18.9 Å². The Hall–Kier alpha value is -1.02. The summed E-state index contributed by atoms with van der Waals surface area (Å²) in [6.07, 6.45) is -15.8. The average Bonchev–Trinajstić information content (AvgIpc) is 3.65. The van der Waals surface area contributed by atoms with Crippen molar-refractivity contribution in [3.8, 4) is 0 Å². The topological polar surface area (TPSA) is 318 Å². The zero-order valence-corrected chi connectivity index (χ0v) is 40.3. The van der Waals surface area contributed by atoms with E-state index >= 15 is 0 Å². The molecule has 7 fully saturated rings. The minimum Gasteiger partial charge on any atom is -0.394 e. The molecule has 3 aliphatic heterocycles. The van der Waals surface area contributed by atoms with Gasteiger partial charge in [-0.15, -0.1) is 0 Å². The Morgan fingerprint density at radius 1 is 0.582 bits per heavy atom. The molecule has 13 N–H and O–H groups in total. The fraction of sp³-hybridized carbons (Fsp3) is 0.958. The molecule has 25 atom stereocenters. The molecule has 0 radical (unpaired) electrons. The average molecular weight is 963 g/mol. The third-order valence-corrected chi connectivity index (χ3v) is 18.7. The Morgan fingerprint density at radius 3 is 1.67 bits per heavy atom. The number of fused-ring (bicyclic) bond motifs is 5. The van der Waals surface area contributed by atoms with Gasteiger partial charge in [-0.2, -0.15) is 0 Å². The van der Waals surface area contributed by atoms with Crippen molar-refractivity contribution in [2.45, 2.75) is 222 Å². The van der Waals surface area contributed by atoms with E-state index in [2.05, 4.69) is 34.6 Å². The molecule has 0 spiro atoms. The van der Waals surface area contributed by atoms with E-state index in [1.165, 1.54) is 0 Å². The number of rotatable bonds is 13. The second-order valence-corrected chi connectivity index (χ2v) is 23.3. The summed E-state index contributed by atoms with van der Waals surface area (Å²) < 4.78 is 37.1. The maximum atomic E-state index is 12.7. The van der Waals surface area contributed by atoms with E-state index in [1.54, 1.807) is 19.9 Å². The van der Waals surface area contributed by atoms with Gasteiger partial charge in [0.25, 0.3) is 0 Å². The highest BCUT2D eigenvalue weighted by Gasteiger charge is 2.72. The molecular formula is C48H82O19. The van der Waals surface area contributed by atoms with Crippen molar-refractivity contribution in [3.63, 3.8) is 0 Å². The van der Waals surface area contributed by atoms with Crippen molar-refractivity contribution in [1.82, 2.24) is 0 Å². The maximum absolute atomic E-state index is 12.7. The van der Waals surface area contributed by atoms with Gasteiger partial charge < -0.3 is 94.8 Å². The number of hydrogen-bond acceptors (Lipinski definition) is 19. The highest BCUT2D eigenvalue weighted by atomic mass is 16.8. The minimum absolute atomic E-state index is 0.0608. The van der Waals surface area contributed by atoms with Gasteiger partial charge in [0.2, 0.25) is 0 Å². The van der Waals surface area contributed by atoms with Gasteiger partial charge in [0.1, 0.15) is 73.2 Å². The Labute approximate surface area is 393 Å². The Morgan fingerprint density at radius 2 is 1.10 bits per heavy atom. The molecule has 67 heavy (non-hydrogen) atoms. The molecule has 0 amide bonds. The van der Waals surface area contributed by atoms with E-state index in [1.807, 2.05) is 13.0 Å². The molecule has 7 aliphatic rings. The minimum atomic E-state index is -1.80. The molecule has 388 valence electrons. The van der Waals surface area contributed by atoms with Crippen LogP contribution < -0.4 is 0 Å². The lowest BCUT2D eigenvalue weighted by Crippen LogP contribution is -2.68. The quantitative estimate of drug-likeness (QED) is 0.0773. The van der Waals surface area contributed by atoms with Crippen molar-refractivity contribution in [2.24, 2.45) is 45.3 Å². The van der Waals surface area contributed by atoms with Crippen LogP contribution in [0.25, 0.3) is 0 Å². The molecule has 4 aliphatic carbocycles. The summed E-state index contributed by atoms with van der Waals surface area (Å²) in [5.74, 6) is -0.422. The molecule has 0 aromatic carbocycles. The molecule has 3 heterocycles. The molecule has 3 saturated heterocycles. The highest BCUT2D eigenvalue weighted by Crippen LogP contribution is 2.76. The molecule has 7 rings (SSSR count). The molecule has 0 aromatic heterocycles. The lowest BCUT2D eigenvalue weighted by molar-refractivity contribution is -0.378. The predicted molar refractivity (Wildman–Crippen MR) is 235 cm³/mol. The van der Waals surface area contributed by atoms with E-state index < -0.39 is 146 Å². The second kappa shape index (κ2) is 19.4. The van der Waals surface area contributed by atoms with Crippen LogP contribution in [0.2, 0.25) is 0 Å². The van der Waals surface area contributed by atoms with Gasteiger partial charge in [-0.25, -0.2) is 0 Å². The molecule has 0 unspecified atom stereocenters. The van der Waals surface area contributed by atoms with Crippen LogP contribution in [0.5, 0.6) is 0 Å². The first-order chi connectivity index (χ1) is 31.1. The lowest BCUT2D eigenvalue weighted by Gasteiger charge is -2.71. The first-order valence-corrected chi connectivity index (χ1v) is 24.4. The summed E-state index contributed by atoms with van der Waals surface area (Å²) in [7, 11) is 0. The number of hydrogen-bond donors (Lipinski definition) is 13. The van der Waals surface area contributed by atoms with Crippen molar-refractivity contribution in [3.05, 3.63) is 12.2 Å². The standard InChI is InChI=1S/C48H82O19/c1-43(2,61)13-9-14-48(8,67-41-38(60)35(57)32(54)25(20-50)63-41)22-10-16-47(7)30(22)23(52)18-28-45(5)15-12-29(44(3,4)27(45)11-17-46(28,47)6)65-42-39(36(58)33(55)26(21-51)64-42)66-40-37(59)34(56)31(53)24(19-49)62-40/h9,13,22-42,49-61H,10-12,14-21H2,1-8H3/b13-9+/t22-,23-,24-,25+,26-,27+,28-,29+,30+,31-,32+,33-,34+,35-,36+,37+,38+,39+,40+,41-,42+,45-,46+,47-,48+/m1/s1. The SMILES string of the molecule is CC(C)(O)/C=C/C[C@](C)(O[C@H]1O[C@@H](CO)[C@H](O)[C@@H](O)[C@@H]1O)[C@@H]1CC[C@]2(C)[C@@H]1[C@H](O)C[C@@H]1[C@]3(C)CC[C@H](O[C@@H]4O[C@H](CO)[C@@H](O)[C@H](O)[C@@H]4O[C@@H]4O[C@H](CO)[C@@H](O)[C@H](O)[C@@H]4O)C(C)(C)[C@@H]3CC[C@@]12C. The van der Waals surface area contributed by atoms with Crippen LogP contribution in [0.4, 0.5) is 0 Å². The number of aliphatic hydroxyl groups is 13. The normalized spacial score (nSPS) is 52.3. The molecule has 4 saturated carbocycles. The van der Waals surface area contributed by atoms with Gasteiger partial charge in [-0.05, 0) is 117 Å². The van der Waals surface area contributed by atoms with Crippen molar-refractivity contribution >= 4 is 0 Å². The van der Waals surface area contributed by atoms with Crippen LogP contribution in [-0.4, -0.2) is 202 Å². The van der Waals surface area contributed by atoms with Crippen LogP contribution in [0.1, 0.15) is 107 Å². The molecule has 0 aromatic rings. The largest absolute Gasteiger partial charge is 0.394 e. The van der Waals surface area contributed by atoms with Gasteiger partial charge in [0.05, 0.1) is 43.2 Å². The van der Waals surface area contributed by atoms with Gasteiger partial charge in [0, 0.05) is 0 Å². The maximum Gasteiger partial charge on any atom is 0.187 e. The lowest BCUT2D eigenvalue weighted by atomic mass is 9.35. The summed E-state index contributed by atoms with van der Waals surface area (Å²) in [5.41, 5.74) is -3.75. The summed E-state index contributed by atoms with van der Waals surface area (Å²) in [5, 5.41) is 139. The molecule has 0 bridgehead atoms. The van der Waals surface area contributed by atoms with E-state index in [0.717, 1.165) is 19.3 Å². The fourth-order valence-corrected chi connectivity index (χ4v) is 14.8. The van der Waals surface area contributed by atoms with Crippen molar-refractivity contribution in [1.29, 1.82) is 0 Å². The van der Waals surface area contributed by atoms with Crippen LogP contribution in [-0.2, 0) is 28.4 Å². The van der Waals surface area contributed by atoms with Crippen molar-refractivity contribution < 1.29 is 94.8 Å². The van der Waals surface area contributed by atoms with Gasteiger partial charge in [-0.3, -0.25) is 0 Å². The third kappa shape index (κ3) is 9.24. The first kappa shape index (κ1) is 53.8. The smallest absolute Gasteiger partial charge is 0.187 e. The zero-order chi connectivity index (χ0) is 49.6. The van der Waals surface area contributed by atoms with E-state index in [-0.39, 0.29) is 40.9 Å². The zero-order valence-electron chi connectivity index (χ0n) is 40.3. The van der Waals surface area contributed by atoms with Crippen LogP contribution in [0.3, 0.4) is 0 Å². The van der Waals surface area contributed by atoms with Crippen LogP contribution in [0.15, 0.2) is 12.2 Å². The van der Waals surface area contributed by atoms with E-state index in [4.69, 9.17) is 28.4 Å². The molecule has 19 heteroatoms. The summed E-state index contributed by atoms with van der Waals surface area (Å²) in [6, 6.07) is 0. The van der Waals surface area contributed by atoms with Crippen LogP contribution >= 0.6 is 0 Å². The molecular weight excluding hydrogens is 881 g/mol. The Kier molecular flexibility index (Phi) is 15.6. The Bertz CT molecular complexity index is 1710. The third-order valence-electron chi connectivity index (χ3n) is 18.7. The second-order valence-electron chi connectivity index (χ2n) is 23.3. The summed E-state index contributed by atoms with van der Waals surface area (Å²) >= 11 is 0. The fourth-order valence-electron chi connectivity index (χ4n) is 14.8. The van der Waals surface area contributed by atoms with E-state index in [9.17, 15) is 66.4 Å². The van der Waals surface area contributed by atoms with Crippen LogP contribution in [0, 0.1) is 45.3 Å². The monoisotopic (exact) mass is 963 g/mol. The van der Waals surface area contributed by atoms with E-state index in [0.29, 0.717) is 25.7 Å². The number of aliphatic hydroxyl groups excluding tert-OH is 12. The van der Waals surface area contributed by atoms with Gasteiger partial charge >= 0.3 is 0 Å².